The van der Waals surface area contributed by atoms with Gasteiger partial charge in [-0.3, -0.25) is 0 Å². The third-order valence-electron chi connectivity index (χ3n) is 3.71. The number of nitrogens with one attached hydrogen (secondary N) is 1. The molecule has 1 aliphatic heterocycles. The minimum absolute atomic E-state index is 0.698. The summed E-state index contributed by atoms with van der Waals surface area (Å²) in [6, 6.07) is 5.75. The van der Waals surface area contributed by atoms with Gasteiger partial charge in [0, 0.05) is 24.2 Å². The summed E-state index contributed by atoms with van der Waals surface area (Å²) in [5.74, 6) is 1.60. The summed E-state index contributed by atoms with van der Waals surface area (Å²) in [5.41, 5.74) is 7.40. The fourth-order valence-corrected chi connectivity index (χ4v) is 2.65. The molecule has 1 fully saturated rings. The van der Waals surface area contributed by atoms with Crippen LogP contribution in [-0.2, 0) is 0 Å². The third-order valence-corrected chi connectivity index (χ3v) is 3.71. The summed E-state index contributed by atoms with van der Waals surface area (Å²) in [7, 11) is 2.17. The lowest BCUT2D eigenvalue weighted by atomic mass is 10.1. The van der Waals surface area contributed by atoms with Crippen molar-refractivity contribution >= 4 is 22.4 Å². The monoisotopic (exact) mass is 257 g/mol. The van der Waals surface area contributed by atoms with Gasteiger partial charge in [0.2, 0.25) is 0 Å². The SMILES string of the molecule is CN1CCC(CNc2ncnc3cc(N)ccc23)C1. The fraction of sp³-hybridized carbons (Fsp3) is 0.429. The molecule has 1 aromatic carbocycles. The first kappa shape index (κ1) is 12.2. The molecular weight excluding hydrogens is 238 g/mol. The van der Waals surface area contributed by atoms with Crippen molar-refractivity contribution in [1.29, 1.82) is 0 Å². The number of benzene rings is 1. The maximum Gasteiger partial charge on any atom is 0.137 e. The number of nitrogen functional groups attached to an aromatic ring is 1. The van der Waals surface area contributed by atoms with E-state index in [2.05, 4.69) is 27.2 Å². The number of fused-ring (bicyclic) bond motifs is 1. The zero-order chi connectivity index (χ0) is 13.2. The van der Waals surface area contributed by atoms with Gasteiger partial charge >= 0.3 is 0 Å². The van der Waals surface area contributed by atoms with E-state index in [0.717, 1.165) is 35.5 Å². The van der Waals surface area contributed by atoms with Gasteiger partial charge in [-0.25, -0.2) is 9.97 Å². The Kier molecular flexibility index (Phi) is 3.21. The van der Waals surface area contributed by atoms with Gasteiger partial charge in [0.25, 0.3) is 0 Å². The van der Waals surface area contributed by atoms with Crippen molar-refractivity contribution in [3.05, 3.63) is 24.5 Å². The first-order valence-electron chi connectivity index (χ1n) is 6.65. The van der Waals surface area contributed by atoms with Gasteiger partial charge in [-0.1, -0.05) is 0 Å². The maximum absolute atomic E-state index is 5.78. The molecule has 1 atom stereocenters. The van der Waals surface area contributed by atoms with Gasteiger partial charge in [-0.2, -0.15) is 0 Å². The lowest BCUT2D eigenvalue weighted by Gasteiger charge is -2.13. The Morgan fingerprint density at radius 1 is 1.42 bits per heavy atom. The van der Waals surface area contributed by atoms with Crippen LogP contribution in [0.1, 0.15) is 6.42 Å². The Labute approximate surface area is 112 Å². The van der Waals surface area contributed by atoms with Gasteiger partial charge in [-0.05, 0) is 44.1 Å². The van der Waals surface area contributed by atoms with Crippen LogP contribution >= 0.6 is 0 Å². The molecule has 5 heteroatoms. The van der Waals surface area contributed by atoms with Gasteiger partial charge in [0.15, 0.2) is 0 Å². The number of aromatic nitrogens is 2. The first-order chi connectivity index (χ1) is 9.22. The molecule has 100 valence electrons. The van der Waals surface area contributed by atoms with Crippen LogP contribution in [0.15, 0.2) is 24.5 Å². The summed E-state index contributed by atoms with van der Waals surface area (Å²) in [5, 5.41) is 4.48. The van der Waals surface area contributed by atoms with Crippen LogP contribution < -0.4 is 11.1 Å². The van der Waals surface area contributed by atoms with Crippen LogP contribution in [0, 0.1) is 5.92 Å². The molecule has 0 spiro atoms. The molecule has 3 rings (SSSR count). The average Bonchev–Trinajstić information content (AvgIpc) is 2.81. The van der Waals surface area contributed by atoms with Crippen molar-refractivity contribution in [1.82, 2.24) is 14.9 Å². The molecule has 0 bridgehead atoms. The van der Waals surface area contributed by atoms with Gasteiger partial charge in [0.1, 0.15) is 12.1 Å². The lowest BCUT2D eigenvalue weighted by molar-refractivity contribution is 0.399. The maximum atomic E-state index is 5.78. The quantitative estimate of drug-likeness (QED) is 0.817. The predicted octanol–water partition coefficient (Wildman–Crippen LogP) is 1.58. The standard InChI is InChI=1S/C14H19N5/c1-19-5-4-10(8-19)7-16-14-12-3-2-11(15)6-13(12)17-9-18-14/h2-3,6,9-10H,4-5,7-8,15H2,1H3,(H,16,17,18). The number of rotatable bonds is 3. The number of nitrogens with two attached hydrogens (primary N) is 1. The highest BCUT2D eigenvalue weighted by molar-refractivity contribution is 5.90. The van der Waals surface area contributed by atoms with E-state index < -0.39 is 0 Å². The van der Waals surface area contributed by atoms with Crippen molar-refractivity contribution < 1.29 is 0 Å². The molecule has 0 aliphatic carbocycles. The molecule has 2 aromatic rings. The zero-order valence-electron chi connectivity index (χ0n) is 11.1. The lowest BCUT2D eigenvalue weighted by Crippen LogP contribution is -2.19. The highest BCUT2D eigenvalue weighted by atomic mass is 15.1. The molecule has 0 radical (unpaired) electrons. The van der Waals surface area contributed by atoms with E-state index in [9.17, 15) is 0 Å². The highest BCUT2D eigenvalue weighted by Crippen LogP contribution is 2.22. The Morgan fingerprint density at radius 2 is 2.32 bits per heavy atom. The van der Waals surface area contributed by atoms with Crippen LogP contribution in [0.25, 0.3) is 10.9 Å². The van der Waals surface area contributed by atoms with Crippen molar-refractivity contribution in [2.24, 2.45) is 5.92 Å². The molecule has 0 saturated carbocycles. The molecule has 2 heterocycles. The summed E-state index contributed by atoms with van der Waals surface area (Å²) in [4.78, 5) is 11.0. The van der Waals surface area contributed by atoms with Crippen LogP contribution in [0.5, 0.6) is 0 Å². The Hall–Kier alpha value is -1.88. The topological polar surface area (TPSA) is 67.1 Å². The van der Waals surface area contributed by atoms with Gasteiger partial charge in [0.05, 0.1) is 5.52 Å². The van der Waals surface area contributed by atoms with Crippen LogP contribution in [0.4, 0.5) is 11.5 Å². The fourth-order valence-electron chi connectivity index (χ4n) is 2.65. The number of nitrogens with zero attached hydrogens (tertiary/aromatic N) is 3. The number of hydrogen-bond acceptors (Lipinski definition) is 5. The second kappa shape index (κ2) is 5.01. The predicted molar refractivity (Wildman–Crippen MR) is 78.0 cm³/mol. The average molecular weight is 257 g/mol. The van der Waals surface area contributed by atoms with Crippen LogP contribution in [0.3, 0.4) is 0 Å². The molecule has 5 nitrogen and oxygen atoms in total. The van der Waals surface area contributed by atoms with E-state index in [0.29, 0.717) is 5.92 Å². The van der Waals surface area contributed by atoms with Crippen LogP contribution in [-0.4, -0.2) is 41.5 Å². The van der Waals surface area contributed by atoms with Crippen molar-refractivity contribution in [3.63, 3.8) is 0 Å². The molecule has 1 aliphatic rings. The highest BCUT2D eigenvalue weighted by Gasteiger charge is 2.19. The smallest absolute Gasteiger partial charge is 0.137 e. The summed E-state index contributed by atoms with van der Waals surface area (Å²) in [6.07, 6.45) is 2.84. The largest absolute Gasteiger partial charge is 0.399 e. The van der Waals surface area contributed by atoms with Gasteiger partial charge in [-0.15, -0.1) is 0 Å². The van der Waals surface area contributed by atoms with Gasteiger partial charge < -0.3 is 16.0 Å². The van der Waals surface area contributed by atoms with E-state index in [-0.39, 0.29) is 0 Å². The van der Waals surface area contributed by atoms with E-state index in [1.807, 2.05) is 18.2 Å². The Bertz CT molecular complexity index is 583. The third kappa shape index (κ3) is 2.61. The number of hydrogen-bond donors (Lipinski definition) is 2. The molecule has 1 saturated heterocycles. The molecule has 1 aromatic heterocycles. The van der Waals surface area contributed by atoms with E-state index in [1.165, 1.54) is 13.0 Å². The zero-order valence-corrected chi connectivity index (χ0v) is 11.1. The number of likely N-dealkylation sites (tertiary alicyclic amines) is 1. The second-order valence-electron chi connectivity index (χ2n) is 5.30. The molecule has 19 heavy (non-hydrogen) atoms. The summed E-state index contributed by atoms with van der Waals surface area (Å²) < 4.78 is 0. The normalized spacial score (nSPS) is 19.9. The molecule has 3 N–H and O–H groups in total. The molecule has 0 amide bonds. The second-order valence-corrected chi connectivity index (χ2v) is 5.30. The van der Waals surface area contributed by atoms with E-state index in [1.54, 1.807) is 6.33 Å². The summed E-state index contributed by atoms with van der Waals surface area (Å²) in [6.45, 7) is 3.30. The molecule has 1 unspecified atom stereocenters. The van der Waals surface area contributed by atoms with E-state index >= 15 is 0 Å². The van der Waals surface area contributed by atoms with Crippen molar-refractivity contribution in [2.45, 2.75) is 6.42 Å². The minimum Gasteiger partial charge on any atom is -0.399 e. The Morgan fingerprint density at radius 3 is 3.11 bits per heavy atom. The molecular formula is C14H19N5. The summed E-state index contributed by atoms with van der Waals surface area (Å²) >= 11 is 0. The van der Waals surface area contributed by atoms with Crippen molar-refractivity contribution in [2.75, 3.05) is 37.7 Å². The number of anilines is 2. The first-order valence-corrected chi connectivity index (χ1v) is 6.65. The van der Waals surface area contributed by atoms with E-state index in [4.69, 9.17) is 5.73 Å². The van der Waals surface area contributed by atoms with Crippen molar-refractivity contribution in [3.8, 4) is 0 Å². The van der Waals surface area contributed by atoms with Crippen LogP contribution in [0.2, 0.25) is 0 Å². The minimum atomic E-state index is 0.698. The Balaban J connectivity index is 1.77.